The molecule has 21 heavy (non-hydrogen) atoms. The minimum absolute atomic E-state index is 0.185. The molecule has 1 saturated carbocycles. The molecule has 0 bridgehead atoms. The van der Waals surface area contributed by atoms with Crippen LogP contribution in [0.3, 0.4) is 0 Å². The average molecular weight is 301 g/mol. The first-order chi connectivity index (χ1) is 10.3. The van der Waals surface area contributed by atoms with Gasteiger partial charge in [0.25, 0.3) is 0 Å². The Morgan fingerprint density at radius 2 is 2.10 bits per heavy atom. The van der Waals surface area contributed by atoms with Crippen LogP contribution in [0.2, 0.25) is 0 Å². The Morgan fingerprint density at radius 1 is 1.24 bits per heavy atom. The van der Waals surface area contributed by atoms with E-state index in [2.05, 4.69) is 15.3 Å². The molecule has 0 saturated heterocycles. The fourth-order valence-electron chi connectivity index (χ4n) is 2.70. The van der Waals surface area contributed by atoms with Gasteiger partial charge in [-0.1, -0.05) is 25.3 Å². The van der Waals surface area contributed by atoms with E-state index < -0.39 is 0 Å². The zero-order valence-electron chi connectivity index (χ0n) is 11.9. The molecular formula is C16H19N3OS. The molecule has 1 fully saturated rings. The van der Waals surface area contributed by atoms with Crippen molar-refractivity contribution in [3.05, 3.63) is 34.8 Å². The Morgan fingerprint density at radius 3 is 2.86 bits per heavy atom. The van der Waals surface area contributed by atoms with Gasteiger partial charge < -0.3 is 5.32 Å². The maximum atomic E-state index is 12.1. The number of carbonyl (C=O) groups is 1. The number of hydrogen-bond donors (Lipinski definition) is 1. The molecule has 0 spiro atoms. The molecule has 0 aromatic carbocycles. The molecular weight excluding hydrogens is 282 g/mol. The van der Waals surface area contributed by atoms with E-state index in [4.69, 9.17) is 0 Å². The normalized spacial score (nSPS) is 15.8. The van der Waals surface area contributed by atoms with Crippen LogP contribution >= 0.6 is 11.3 Å². The lowest BCUT2D eigenvalue weighted by Crippen LogP contribution is -2.31. The second-order valence-corrected chi connectivity index (χ2v) is 6.34. The lowest BCUT2D eigenvalue weighted by molar-refractivity contribution is -0.126. The van der Waals surface area contributed by atoms with Gasteiger partial charge in [-0.3, -0.25) is 9.78 Å². The number of amides is 1. The predicted molar refractivity (Wildman–Crippen MR) is 83.8 cm³/mol. The minimum atomic E-state index is 0.185. The zero-order valence-corrected chi connectivity index (χ0v) is 12.7. The molecule has 3 rings (SSSR count). The molecule has 1 amide bonds. The summed E-state index contributed by atoms with van der Waals surface area (Å²) in [4.78, 5) is 20.9. The second-order valence-electron chi connectivity index (χ2n) is 5.39. The van der Waals surface area contributed by atoms with E-state index in [1.807, 2.05) is 23.6 Å². The summed E-state index contributed by atoms with van der Waals surface area (Å²) < 4.78 is 0. The van der Waals surface area contributed by atoms with Crippen molar-refractivity contribution in [1.29, 1.82) is 0 Å². The van der Waals surface area contributed by atoms with E-state index in [0.717, 1.165) is 29.2 Å². The summed E-state index contributed by atoms with van der Waals surface area (Å²) in [6.45, 7) is 0.521. The van der Waals surface area contributed by atoms with Gasteiger partial charge in [0.05, 0.1) is 17.9 Å². The molecule has 2 heterocycles. The SMILES string of the molecule is O=C(NCc1nc(-c2ccccn2)cs1)C1CCCCC1. The molecule has 0 aliphatic heterocycles. The average Bonchev–Trinajstić information content (AvgIpc) is 3.03. The van der Waals surface area contributed by atoms with Gasteiger partial charge in [-0.25, -0.2) is 4.98 Å². The number of aromatic nitrogens is 2. The van der Waals surface area contributed by atoms with Crippen LogP contribution in [0.5, 0.6) is 0 Å². The third kappa shape index (κ3) is 3.67. The maximum absolute atomic E-state index is 12.1. The highest BCUT2D eigenvalue weighted by Gasteiger charge is 2.20. The van der Waals surface area contributed by atoms with Crippen molar-refractivity contribution in [2.45, 2.75) is 38.6 Å². The van der Waals surface area contributed by atoms with Gasteiger partial charge in [0.1, 0.15) is 5.01 Å². The molecule has 0 radical (unpaired) electrons. The fraction of sp³-hybridized carbons (Fsp3) is 0.438. The van der Waals surface area contributed by atoms with Crippen LogP contribution in [-0.2, 0) is 11.3 Å². The number of thiazole rings is 1. The third-order valence-electron chi connectivity index (χ3n) is 3.87. The van der Waals surface area contributed by atoms with Crippen molar-refractivity contribution in [3.8, 4) is 11.4 Å². The van der Waals surface area contributed by atoms with E-state index in [9.17, 15) is 4.79 Å². The van der Waals surface area contributed by atoms with Crippen LogP contribution in [0.15, 0.2) is 29.8 Å². The summed E-state index contributed by atoms with van der Waals surface area (Å²) in [6.07, 6.45) is 7.45. The summed E-state index contributed by atoms with van der Waals surface area (Å²) in [5, 5.41) is 5.94. The molecule has 0 atom stereocenters. The highest BCUT2D eigenvalue weighted by Crippen LogP contribution is 2.24. The topological polar surface area (TPSA) is 54.9 Å². The molecule has 5 heteroatoms. The molecule has 110 valence electrons. The van der Waals surface area contributed by atoms with E-state index in [1.54, 1.807) is 17.5 Å². The van der Waals surface area contributed by atoms with Gasteiger partial charge in [0.15, 0.2) is 0 Å². The van der Waals surface area contributed by atoms with Gasteiger partial charge in [-0.05, 0) is 25.0 Å². The molecule has 1 N–H and O–H groups in total. The first-order valence-corrected chi connectivity index (χ1v) is 8.34. The van der Waals surface area contributed by atoms with Crippen LogP contribution in [0.4, 0.5) is 0 Å². The molecule has 1 aliphatic rings. The second kappa shape index (κ2) is 6.80. The van der Waals surface area contributed by atoms with Crippen molar-refractivity contribution < 1.29 is 4.79 Å². The first-order valence-electron chi connectivity index (χ1n) is 7.46. The zero-order chi connectivity index (χ0) is 14.5. The first kappa shape index (κ1) is 14.2. The Kier molecular flexibility index (Phi) is 4.60. The molecule has 2 aromatic heterocycles. The Hall–Kier alpha value is -1.75. The smallest absolute Gasteiger partial charge is 0.223 e. The maximum Gasteiger partial charge on any atom is 0.223 e. The van der Waals surface area contributed by atoms with Crippen LogP contribution in [0.25, 0.3) is 11.4 Å². The molecule has 0 unspecified atom stereocenters. The van der Waals surface area contributed by atoms with Crippen molar-refractivity contribution in [3.63, 3.8) is 0 Å². The highest BCUT2D eigenvalue weighted by molar-refractivity contribution is 7.09. The fourth-order valence-corrected chi connectivity index (χ4v) is 3.42. The number of nitrogens with zero attached hydrogens (tertiary/aromatic N) is 2. The van der Waals surface area contributed by atoms with Gasteiger partial charge in [0, 0.05) is 17.5 Å². The lowest BCUT2D eigenvalue weighted by atomic mass is 9.89. The quantitative estimate of drug-likeness (QED) is 0.941. The summed E-state index contributed by atoms with van der Waals surface area (Å²) in [7, 11) is 0. The highest BCUT2D eigenvalue weighted by atomic mass is 32.1. The summed E-state index contributed by atoms with van der Waals surface area (Å²) >= 11 is 1.57. The van der Waals surface area contributed by atoms with Crippen molar-refractivity contribution in [2.75, 3.05) is 0 Å². The third-order valence-corrected chi connectivity index (χ3v) is 4.72. The standard InChI is InChI=1S/C16H19N3OS/c20-16(12-6-2-1-3-7-12)18-10-15-19-14(11-21-15)13-8-4-5-9-17-13/h4-5,8-9,11-12H,1-3,6-7,10H2,(H,18,20). The Balaban J connectivity index is 1.56. The van der Waals surface area contributed by atoms with Crippen LogP contribution in [0, 0.1) is 5.92 Å². The van der Waals surface area contributed by atoms with Crippen molar-refractivity contribution in [1.82, 2.24) is 15.3 Å². The lowest BCUT2D eigenvalue weighted by Gasteiger charge is -2.20. The van der Waals surface area contributed by atoms with Crippen LogP contribution < -0.4 is 5.32 Å². The number of hydrogen-bond acceptors (Lipinski definition) is 4. The number of carbonyl (C=O) groups excluding carboxylic acids is 1. The van der Waals surface area contributed by atoms with Crippen LogP contribution in [-0.4, -0.2) is 15.9 Å². The summed E-state index contributed by atoms with van der Waals surface area (Å²) in [5.41, 5.74) is 1.75. The Labute approximate surface area is 128 Å². The molecule has 2 aromatic rings. The van der Waals surface area contributed by atoms with Gasteiger partial charge in [0.2, 0.25) is 5.91 Å². The minimum Gasteiger partial charge on any atom is -0.349 e. The number of rotatable bonds is 4. The monoisotopic (exact) mass is 301 g/mol. The number of pyridine rings is 1. The Bertz CT molecular complexity index is 591. The van der Waals surface area contributed by atoms with E-state index >= 15 is 0 Å². The van der Waals surface area contributed by atoms with Gasteiger partial charge in [-0.15, -0.1) is 11.3 Å². The van der Waals surface area contributed by atoms with Gasteiger partial charge in [-0.2, -0.15) is 0 Å². The van der Waals surface area contributed by atoms with Gasteiger partial charge >= 0.3 is 0 Å². The van der Waals surface area contributed by atoms with E-state index in [0.29, 0.717) is 6.54 Å². The predicted octanol–water partition coefficient (Wildman–Crippen LogP) is 3.40. The van der Waals surface area contributed by atoms with Crippen LogP contribution in [0.1, 0.15) is 37.1 Å². The summed E-state index contributed by atoms with van der Waals surface area (Å²) in [5.74, 6) is 0.387. The van der Waals surface area contributed by atoms with E-state index in [-0.39, 0.29) is 11.8 Å². The van der Waals surface area contributed by atoms with Crippen molar-refractivity contribution >= 4 is 17.2 Å². The van der Waals surface area contributed by atoms with Crippen molar-refractivity contribution in [2.24, 2.45) is 5.92 Å². The van der Waals surface area contributed by atoms with E-state index in [1.165, 1.54) is 19.3 Å². The molecule has 4 nitrogen and oxygen atoms in total. The largest absolute Gasteiger partial charge is 0.349 e. The summed E-state index contributed by atoms with van der Waals surface area (Å²) in [6, 6.07) is 5.78. The molecule has 1 aliphatic carbocycles. The number of nitrogens with one attached hydrogen (secondary N) is 1.